The number of rotatable bonds is 11. The molecule has 3 aromatic carbocycles. The van der Waals surface area contributed by atoms with Gasteiger partial charge in [-0.3, -0.25) is 19.7 Å². The van der Waals surface area contributed by atoms with E-state index >= 15 is 0 Å². The molecule has 1 aliphatic heterocycles. The lowest BCUT2D eigenvalue weighted by Gasteiger charge is -2.26. The third-order valence-electron chi connectivity index (χ3n) is 7.11. The molecule has 1 aliphatic rings. The van der Waals surface area contributed by atoms with Gasteiger partial charge in [0, 0.05) is 18.0 Å². The monoisotopic (exact) mass is 527 g/mol. The first-order valence-electron chi connectivity index (χ1n) is 13.1. The molecule has 8 nitrogen and oxygen atoms in total. The van der Waals surface area contributed by atoms with Crippen LogP contribution in [0, 0.1) is 0 Å². The summed E-state index contributed by atoms with van der Waals surface area (Å²) in [5.74, 6) is -2.13. The third-order valence-corrected chi connectivity index (χ3v) is 7.11. The lowest BCUT2D eigenvalue weighted by molar-refractivity contribution is -0.148. The van der Waals surface area contributed by atoms with Gasteiger partial charge in [-0.05, 0) is 43.0 Å². The number of nitrogens with zero attached hydrogens (tertiary/aromatic N) is 1. The zero-order chi connectivity index (χ0) is 27.8. The standard InChI is InChI=1S/C31H33N3O5/c1-21(30(37)34-20-25(18-27(34)31(38)39)23-13-7-3-8-14-23)32-19-28(35)26(17-22-11-5-2-6-12-22)33-29(36)24-15-9-4-10-16-24/h2-16,21,25-27,32H,17-20H2,1H3,(H,33,36)(H,38,39)/t21-,25?,26?,27-/m0/s1. The van der Waals surface area contributed by atoms with E-state index in [2.05, 4.69) is 10.6 Å². The van der Waals surface area contributed by atoms with Gasteiger partial charge in [-0.25, -0.2) is 4.79 Å². The van der Waals surface area contributed by atoms with E-state index < -0.39 is 24.1 Å². The van der Waals surface area contributed by atoms with Gasteiger partial charge in [-0.2, -0.15) is 0 Å². The molecule has 39 heavy (non-hydrogen) atoms. The quantitative estimate of drug-likeness (QED) is 0.353. The van der Waals surface area contributed by atoms with Crippen molar-refractivity contribution in [2.75, 3.05) is 13.1 Å². The highest BCUT2D eigenvalue weighted by Crippen LogP contribution is 2.32. The number of ketones is 1. The molecule has 4 rings (SSSR count). The molecule has 0 radical (unpaired) electrons. The number of amides is 2. The number of carbonyl (C=O) groups excluding carboxylic acids is 3. The molecule has 4 atom stereocenters. The fraction of sp³-hybridized carbons (Fsp3) is 0.290. The van der Waals surface area contributed by atoms with Crippen LogP contribution in [0.3, 0.4) is 0 Å². The highest BCUT2D eigenvalue weighted by atomic mass is 16.4. The number of nitrogens with one attached hydrogen (secondary N) is 2. The number of aliphatic carboxylic acids is 1. The topological polar surface area (TPSA) is 116 Å². The Bertz CT molecular complexity index is 1280. The van der Waals surface area contributed by atoms with E-state index in [0.29, 0.717) is 24.9 Å². The lowest BCUT2D eigenvalue weighted by atomic mass is 9.96. The van der Waals surface area contributed by atoms with Crippen molar-refractivity contribution in [1.29, 1.82) is 0 Å². The van der Waals surface area contributed by atoms with Crippen molar-refractivity contribution in [2.24, 2.45) is 0 Å². The van der Waals surface area contributed by atoms with Crippen LogP contribution in [0.1, 0.15) is 40.7 Å². The molecular weight excluding hydrogens is 494 g/mol. The van der Waals surface area contributed by atoms with Gasteiger partial charge in [0.05, 0.1) is 18.6 Å². The molecule has 1 heterocycles. The van der Waals surface area contributed by atoms with E-state index in [0.717, 1.165) is 11.1 Å². The maximum atomic E-state index is 13.3. The second kappa shape index (κ2) is 13.0. The summed E-state index contributed by atoms with van der Waals surface area (Å²) in [7, 11) is 0. The molecule has 1 fully saturated rings. The van der Waals surface area contributed by atoms with E-state index in [4.69, 9.17) is 0 Å². The summed E-state index contributed by atoms with van der Waals surface area (Å²) in [6.07, 6.45) is 0.635. The minimum Gasteiger partial charge on any atom is -0.480 e. The number of Topliss-reactive ketones (excluding diaryl/α,β-unsaturated/α-hetero) is 1. The molecule has 1 saturated heterocycles. The summed E-state index contributed by atoms with van der Waals surface area (Å²) < 4.78 is 0. The molecule has 0 spiro atoms. The predicted molar refractivity (Wildman–Crippen MR) is 147 cm³/mol. The predicted octanol–water partition coefficient (Wildman–Crippen LogP) is 3.04. The fourth-order valence-electron chi connectivity index (χ4n) is 4.92. The second-order valence-corrected chi connectivity index (χ2v) is 9.84. The molecule has 3 N–H and O–H groups in total. The van der Waals surface area contributed by atoms with Crippen molar-refractivity contribution in [2.45, 2.75) is 43.8 Å². The van der Waals surface area contributed by atoms with E-state index in [1.54, 1.807) is 31.2 Å². The molecule has 0 saturated carbocycles. The molecule has 0 aliphatic carbocycles. The van der Waals surface area contributed by atoms with Crippen molar-refractivity contribution in [3.05, 3.63) is 108 Å². The SMILES string of the molecule is C[C@H](NCC(=O)C(Cc1ccccc1)NC(=O)c1ccccc1)C(=O)N1CC(c2ccccc2)C[C@H]1C(=O)O. The summed E-state index contributed by atoms with van der Waals surface area (Å²) in [6.45, 7) is 1.76. The number of hydrogen-bond acceptors (Lipinski definition) is 5. The Morgan fingerprint density at radius 1 is 0.897 bits per heavy atom. The first-order chi connectivity index (χ1) is 18.8. The second-order valence-electron chi connectivity index (χ2n) is 9.84. The Hall–Kier alpha value is -4.30. The lowest BCUT2D eigenvalue weighted by Crippen LogP contribution is -2.52. The average molecular weight is 528 g/mol. The van der Waals surface area contributed by atoms with Crippen LogP contribution in [0.5, 0.6) is 0 Å². The minimum atomic E-state index is -1.04. The summed E-state index contributed by atoms with van der Waals surface area (Å²) in [5.41, 5.74) is 2.33. The summed E-state index contributed by atoms with van der Waals surface area (Å²) >= 11 is 0. The average Bonchev–Trinajstić information content (AvgIpc) is 3.42. The van der Waals surface area contributed by atoms with E-state index in [9.17, 15) is 24.3 Å². The number of hydrogen-bond donors (Lipinski definition) is 3. The summed E-state index contributed by atoms with van der Waals surface area (Å²) in [5, 5.41) is 15.6. The van der Waals surface area contributed by atoms with Crippen LogP contribution in [-0.4, -0.2) is 64.8 Å². The third kappa shape index (κ3) is 7.18. The van der Waals surface area contributed by atoms with Crippen LogP contribution >= 0.6 is 0 Å². The van der Waals surface area contributed by atoms with Gasteiger partial charge < -0.3 is 15.3 Å². The zero-order valence-corrected chi connectivity index (χ0v) is 21.8. The minimum absolute atomic E-state index is 0.0754. The molecule has 3 aromatic rings. The van der Waals surface area contributed by atoms with Crippen LogP contribution in [-0.2, 0) is 20.8 Å². The van der Waals surface area contributed by atoms with Crippen LogP contribution < -0.4 is 10.6 Å². The van der Waals surface area contributed by atoms with Gasteiger partial charge >= 0.3 is 5.97 Å². The number of carboxylic acids is 1. The van der Waals surface area contributed by atoms with Gasteiger partial charge in [0.15, 0.2) is 5.78 Å². The van der Waals surface area contributed by atoms with Gasteiger partial charge in [-0.15, -0.1) is 0 Å². The van der Waals surface area contributed by atoms with E-state index in [1.165, 1.54) is 4.90 Å². The molecule has 2 amide bonds. The maximum absolute atomic E-state index is 13.3. The van der Waals surface area contributed by atoms with Gasteiger partial charge in [0.25, 0.3) is 5.91 Å². The van der Waals surface area contributed by atoms with Crippen molar-refractivity contribution in [3.8, 4) is 0 Å². The van der Waals surface area contributed by atoms with Crippen LogP contribution in [0.2, 0.25) is 0 Å². The Morgan fingerprint density at radius 2 is 1.49 bits per heavy atom. The first kappa shape index (κ1) is 27.7. The molecular formula is C31H33N3O5. The Kier molecular flexibility index (Phi) is 9.22. The van der Waals surface area contributed by atoms with Crippen molar-refractivity contribution in [1.82, 2.24) is 15.5 Å². The highest BCUT2D eigenvalue weighted by molar-refractivity contribution is 5.98. The molecule has 0 bridgehead atoms. The molecule has 2 unspecified atom stereocenters. The Labute approximate surface area is 228 Å². The number of likely N-dealkylation sites (tertiary alicyclic amines) is 1. The van der Waals surface area contributed by atoms with Crippen LogP contribution in [0.4, 0.5) is 0 Å². The van der Waals surface area contributed by atoms with E-state index in [1.807, 2.05) is 66.7 Å². The van der Waals surface area contributed by atoms with Crippen LogP contribution in [0.25, 0.3) is 0 Å². The van der Waals surface area contributed by atoms with Gasteiger partial charge in [0.2, 0.25) is 5.91 Å². The maximum Gasteiger partial charge on any atom is 0.326 e. The van der Waals surface area contributed by atoms with Crippen LogP contribution in [0.15, 0.2) is 91.0 Å². The normalized spacial score (nSPS) is 18.2. The summed E-state index contributed by atoms with van der Waals surface area (Å²) in [4.78, 5) is 52.7. The Balaban J connectivity index is 1.41. The van der Waals surface area contributed by atoms with Gasteiger partial charge in [0.1, 0.15) is 6.04 Å². The Morgan fingerprint density at radius 3 is 2.10 bits per heavy atom. The molecule has 0 aromatic heterocycles. The van der Waals surface area contributed by atoms with E-state index in [-0.39, 0.29) is 30.1 Å². The van der Waals surface area contributed by atoms with Crippen molar-refractivity contribution < 1.29 is 24.3 Å². The highest BCUT2D eigenvalue weighted by Gasteiger charge is 2.41. The number of carboxylic acid groups (broad SMARTS) is 1. The molecule has 8 heteroatoms. The smallest absolute Gasteiger partial charge is 0.326 e. The number of carbonyl (C=O) groups is 4. The van der Waals surface area contributed by atoms with Crippen molar-refractivity contribution >= 4 is 23.6 Å². The zero-order valence-electron chi connectivity index (χ0n) is 21.8. The largest absolute Gasteiger partial charge is 0.480 e. The number of benzene rings is 3. The summed E-state index contributed by atoms with van der Waals surface area (Å²) in [6, 6.07) is 25.1. The fourth-order valence-corrected chi connectivity index (χ4v) is 4.92. The van der Waals surface area contributed by atoms with Crippen molar-refractivity contribution in [3.63, 3.8) is 0 Å². The molecule has 202 valence electrons. The first-order valence-corrected chi connectivity index (χ1v) is 13.1. The van der Waals surface area contributed by atoms with Gasteiger partial charge in [-0.1, -0.05) is 78.9 Å².